The fraction of sp³-hybridized carbons (Fsp3) is 0.688. The van der Waals surface area contributed by atoms with Crippen molar-refractivity contribution in [2.24, 2.45) is 0 Å². The highest BCUT2D eigenvalue weighted by atomic mass is 31.3. The highest BCUT2D eigenvalue weighted by molar-refractivity contribution is 7.66. The molecule has 2 unspecified atom stereocenters. The number of allylic oxidation sites excluding steroid dienone is 2. The summed E-state index contributed by atoms with van der Waals surface area (Å²) in [6, 6.07) is 0. The van der Waals surface area contributed by atoms with Gasteiger partial charge in [-0.15, -0.1) is 0 Å². The quantitative estimate of drug-likeness (QED) is 0.0284. The molecule has 1 aromatic heterocycles. The standard InChI is InChI=1S/C32H52N5O20P3/c33-30-24(22-37(31(40)36-30)29-21-26(38)27(55-29)23-53-59(45,46)57-60(47,48)56-58(42,43)44)7-6-11-34-28(39)10-13-49-15-17-51-19-20-52-18-16-50-14-12-35-32(41)54-25-8-4-2-1-3-5-9-25/h1-2,22,25-27,29,38H,3-5,8-21,23H2,(H,34,39)(H,35,41)(H,45,46)(H,47,48)(H2,33,36,40)(H2,42,43,44)/b2-1+/t25-,26-,27+,29+/m0/s1. The van der Waals surface area contributed by atoms with E-state index in [4.69, 9.17) is 43.9 Å². The number of nitrogens with zero attached hydrogens (tertiary/aromatic N) is 2. The monoisotopic (exact) mass is 919 g/mol. The first kappa shape index (κ1) is 51.2. The molecular formula is C32H52N5O20P3. The summed E-state index contributed by atoms with van der Waals surface area (Å²) >= 11 is 0. The van der Waals surface area contributed by atoms with Crippen molar-refractivity contribution in [3.8, 4) is 11.8 Å². The maximum atomic E-state index is 12.5. The van der Waals surface area contributed by atoms with Gasteiger partial charge in [-0.2, -0.15) is 13.6 Å². The van der Waals surface area contributed by atoms with Crippen LogP contribution in [0.1, 0.15) is 56.7 Å². The number of aliphatic hydroxyl groups is 1. The Morgan fingerprint density at radius 2 is 1.55 bits per heavy atom. The molecule has 2 heterocycles. The number of ether oxygens (including phenoxy) is 6. The Morgan fingerprint density at radius 3 is 2.23 bits per heavy atom. The normalized spacial score (nSPS) is 21.9. The van der Waals surface area contributed by atoms with Crippen molar-refractivity contribution < 1.29 is 89.5 Å². The van der Waals surface area contributed by atoms with Crippen LogP contribution in [0.25, 0.3) is 0 Å². The average Bonchev–Trinajstić information content (AvgIpc) is 3.50. The molecule has 1 saturated heterocycles. The summed E-state index contributed by atoms with van der Waals surface area (Å²) in [6.45, 7) is 1.69. The van der Waals surface area contributed by atoms with E-state index in [0.717, 1.165) is 36.7 Å². The lowest BCUT2D eigenvalue weighted by Gasteiger charge is -2.19. The molecule has 1 fully saturated rings. The number of anilines is 1. The minimum Gasteiger partial charge on any atom is -0.446 e. The van der Waals surface area contributed by atoms with Crippen LogP contribution in [0.2, 0.25) is 0 Å². The second-order valence-corrected chi connectivity index (χ2v) is 17.2. The van der Waals surface area contributed by atoms with Crippen molar-refractivity contribution in [2.75, 3.05) is 78.3 Å². The van der Waals surface area contributed by atoms with E-state index in [0.29, 0.717) is 39.6 Å². The van der Waals surface area contributed by atoms with Gasteiger partial charge in [0.25, 0.3) is 0 Å². The molecule has 2 aliphatic rings. The second kappa shape index (κ2) is 26.4. The van der Waals surface area contributed by atoms with Gasteiger partial charge in [-0.25, -0.2) is 23.3 Å². The Morgan fingerprint density at radius 1 is 0.900 bits per heavy atom. The average molecular weight is 920 g/mol. The van der Waals surface area contributed by atoms with Gasteiger partial charge in [-0.1, -0.05) is 24.0 Å². The van der Waals surface area contributed by atoms with Gasteiger partial charge in [0.1, 0.15) is 24.3 Å². The number of rotatable bonds is 25. The van der Waals surface area contributed by atoms with Crippen LogP contribution in [0.4, 0.5) is 10.6 Å². The lowest BCUT2D eigenvalue weighted by Crippen LogP contribution is -2.31. The van der Waals surface area contributed by atoms with E-state index in [1.807, 2.05) is 0 Å². The number of nitrogen functional groups attached to an aromatic ring is 1. The van der Waals surface area contributed by atoms with Crippen molar-refractivity contribution in [1.82, 2.24) is 20.2 Å². The molecule has 60 heavy (non-hydrogen) atoms. The summed E-state index contributed by atoms with van der Waals surface area (Å²) in [5, 5.41) is 15.6. The first-order valence-corrected chi connectivity index (χ1v) is 23.1. The maximum Gasteiger partial charge on any atom is 0.490 e. The molecule has 3 rings (SSSR count). The zero-order valence-electron chi connectivity index (χ0n) is 32.4. The molecule has 1 aromatic rings. The van der Waals surface area contributed by atoms with Crippen molar-refractivity contribution in [3.63, 3.8) is 0 Å². The van der Waals surface area contributed by atoms with Gasteiger partial charge in [-0.05, 0) is 32.1 Å². The maximum absolute atomic E-state index is 12.5. The van der Waals surface area contributed by atoms with E-state index in [1.54, 1.807) is 0 Å². The molecule has 340 valence electrons. The number of phosphoric ester groups is 1. The largest absolute Gasteiger partial charge is 0.490 e. The molecule has 9 N–H and O–H groups in total. The number of hydrogen-bond donors (Lipinski definition) is 8. The Kier molecular flexibility index (Phi) is 22.5. The van der Waals surface area contributed by atoms with E-state index in [9.17, 15) is 43.0 Å². The van der Waals surface area contributed by atoms with Gasteiger partial charge in [0.15, 0.2) is 0 Å². The smallest absolute Gasteiger partial charge is 0.446 e. The van der Waals surface area contributed by atoms with Gasteiger partial charge in [-0.3, -0.25) is 13.9 Å². The number of alkyl carbamates (subject to hydrolysis) is 1. The van der Waals surface area contributed by atoms with E-state index in [-0.39, 0.29) is 62.6 Å². The third kappa shape index (κ3) is 21.6. The number of aliphatic hydroxyl groups excluding tert-OH is 1. The molecule has 0 saturated carbocycles. The number of carbonyl (C=O) groups is 2. The molecule has 0 bridgehead atoms. The fourth-order valence-corrected chi connectivity index (χ4v) is 8.28. The fourth-order valence-electron chi connectivity index (χ4n) is 5.25. The number of amides is 2. The van der Waals surface area contributed by atoms with Crippen LogP contribution in [0.5, 0.6) is 0 Å². The van der Waals surface area contributed by atoms with Crippen molar-refractivity contribution >= 4 is 41.3 Å². The summed E-state index contributed by atoms with van der Waals surface area (Å²) in [6.07, 6.45) is 5.33. The van der Waals surface area contributed by atoms with E-state index in [1.165, 1.54) is 6.20 Å². The molecule has 25 nitrogen and oxygen atoms in total. The van der Waals surface area contributed by atoms with Gasteiger partial charge in [0.05, 0.1) is 77.7 Å². The number of aromatic nitrogens is 2. The minimum atomic E-state index is -5.76. The Balaban J connectivity index is 1.22. The summed E-state index contributed by atoms with van der Waals surface area (Å²) < 4.78 is 79.6. The van der Waals surface area contributed by atoms with Crippen molar-refractivity contribution in [2.45, 2.75) is 69.5 Å². The third-order valence-electron chi connectivity index (χ3n) is 8.01. The van der Waals surface area contributed by atoms with Gasteiger partial charge in [0, 0.05) is 25.6 Å². The number of nitrogens with two attached hydrogens (primary N) is 1. The van der Waals surface area contributed by atoms with Gasteiger partial charge in [0.2, 0.25) is 5.91 Å². The molecule has 0 aromatic carbocycles. The van der Waals surface area contributed by atoms with Crippen LogP contribution in [0.15, 0.2) is 23.1 Å². The summed E-state index contributed by atoms with van der Waals surface area (Å²) in [5.41, 5.74) is 4.97. The van der Waals surface area contributed by atoms with Crippen LogP contribution >= 0.6 is 23.5 Å². The molecule has 28 heteroatoms. The number of nitrogens with one attached hydrogen (secondary N) is 2. The first-order chi connectivity index (χ1) is 28.4. The van der Waals surface area contributed by atoms with Gasteiger partial charge >= 0.3 is 35.3 Å². The molecule has 1 aliphatic carbocycles. The van der Waals surface area contributed by atoms with E-state index < -0.39 is 60.3 Å². The second-order valence-electron chi connectivity index (χ2n) is 12.8. The minimum absolute atomic E-state index is 0.0407. The first-order valence-electron chi connectivity index (χ1n) is 18.6. The van der Waals surface area contributed by atoms with E-state index in [2.05, 4.69) is 52.8 Å². The van der Waals surface area contributed by atoms with Crippen molar-refractivity contribution in [3.05, 3.63) is 34.4 Å². The molecular weight excluding hydrogens is 867 g/mol. The summed E-state index contributed by atoms with van der Waals surface area (Å²) in [4.78, 5) is 76.5. The lowest BCUT2D eigenvalue weighted by atomic mass is 10.0. The van der Waals surface area contributed by atoms with Crippen LogP contribution < -0.4 is 22.1 Å². The molecule has 1 aliphatic heterocycles. The Bertz CT molecular complexity index is 1820. The zero-order chi connectivity index (χ0) is 44.0. The van der Waals surface area contributed by atoms with Crippen LogP contribution in [0.3, 0.4) is 0 Å². The third-order valence-corrected chi connectivity index (χ3v) is 11.8. The molecule has 0 radical (unpaired) electrons. The van der Waals surface area contributed by atoms with Crippen LogP contribution in [-0.2, 0) is 60.1 Å². The number of phosphoric acid groups is 3. The van der Waals surface area contributed by atoms with Crippen LogP contribution in [-0.4, -0.2) is 137 Å². The topological polar surface area (TPSA) is 355 Å². The Labute approximate surface area is 344 Å². The predicted octanol–water partition coefficient (Wildman–Crippen LogP) is 0.357. The number of hydrogen-bond acceptors (Lipinski definition) is 18. The Hall–Kier alpha value is -3.11. The summed E-state index contributed by atoms with van der Waals surface area (Å²) in [5.74, 6) is 4.73. The van der Waals surface area contributed by atoms with Crippen molar-refractivity contribution in [1.29, 1.82) is 0 Å². The highest BCUT2D eigenvalue weighted by Gasteiger charge is 2.43. The van der Waals surface area contributed by atoms with E-state index >= 15 is 0 Å². The molecule has 2 amide bonds. The predicted molar refractivity (Wildman–Crippen MR) is 206 cm³/mol. The SMILES string of the molecule is Nc1nc(=O)n([C@H]2C[C@H](O)[C@@H](COP(=O)(O)OP(=O)(O)OP(=O)(O)O)O2)cc1C#CCNC(=O)CCOCCOCCOCCOCCNC(=O)O[C@H]1CC/C=C/CCC1. The van der Waals surface area contributed by atoms with Crippen LogP contribution in [0, 0.1) is 11.8 Å². The lowest BCUT2D eigenvalue weighted by molar-refractivity contribution is -0.122. The number of carbonyl (C=O) groups excluding carboxylic acids is 2. The zero-order valence-corrected chi connectivity index (χ0v) is 35.1. The molecule has 0 spiro atoms. The van der Waals surface area contributed by atoms with Gasteiger partial charge < -0.3 is 69.5 Å². The molecule has 6 atom stereocenters. The highest BCUT2D eigenvalue weighted by Crippen LogP contribution is 2.66. The summed E-state index contributed by atoms with van der Waals surface area (Å²) in [7, 11) is -16.8.